The van der Waals surface area contributed by atoms with Crippen molar-refractivity contribution in [2.24, 2.45) is 0 Å². The molecule has 1 amide bonds. The number of aryl methyl sites for hydroxylation is 1. The lowest BCUT2D eigenvalue weighted by molar-refractivity contribution is -0.140. The summed E-state index contributed by atoms with van der Waals surface area (Å²) < 4.78 is 5.40. The lowest BCUT2D eigenvalue weighted by Crippen LogP contribution is -2.38. The molecule has 1 fully saturated rings. The van der Waals surface area contributed by atoms with Crippen molar-refractivity contribution in [1.82, 2.24) is 4.90 Å². The van der Waals surface area contributed by atoms with Gasteiger partial charge in [0.1, 0.15) is 12.1 Å². The van der Waals surface area contributed by atoms with Crippen molar-refractivity contribution in [2.45, 2.75) is 38.3 Å². The quantitative estimate of drug-likeness (QED) is 0.846. The molecule has 0 spiro atoms. The summed E-state index contributed by atoms with van der Waals surface area (Å²) in [6.45, 7) is 2.72. The second-order valence-corrected chi connectivity index (χ2v) is 5.08. The Labute approximate surface area is 120 Å². The highest BCUT2D eigenvalue weighted by molar-refractivity contribution is 5.81. The van der Waals surface area contributed by atoms with E-state index in [1.165, 1.54) is 10.5 Å². The van der Waals surface area contributed by atoms with Crippen molar-refractivity contribution < 1.29 is 9.53 Å². The van der Waals surface area contributed by atoms with Crippen LogP contribution >= 0.6 is 0 Å². The minimum atomic E-state index is -0.558. The Morgan fingerprint density at radius 3 is 2.70 bits per heavy atom. The summed E-state index contributed by atoms with van der Waals surface area (Å²) in [6, 6.07) is 9.51. The van der Waals surface area contributed by atoms with Gasteiger partial charge in [0.15, 0.2) is 0 Å². The minimum Gasteiger partial charge on any atom is -0.368 e. The molecule has 1 aromatic rings. The molecule has 106 valence electrons. The van der Waals surface area contributed by atoms with Crippen molar-refractivity contribution in [2.75, 3.05) is 13.7 Å². The third-order valence-corrected chi connectivity index (χ3v) is 3.77. The Morgan fingerprint density at radius 2 is 2.20 bits per heavy atom. The fourth-order valence-electron chi connectivity index (χ4n) is 2.45. The van der Waals surface area contributed by atoms with Crippen molar-refractivity contribution in [3.63, 3.8) is 0 Å². The first-order valence-electron chi connectivity index (χ1n) is 7.04. The molecule has 1 saturated heterocycles. The van der Waals surface area contributed by atoms with E-state index in [0.29, 0.717) is 6.61 Å². The minimum absolute atomic E-state index is 0.103. The van der Waals surface area contributed by atoms with Crippen LogP contribution in [0.4, 0.5) is 0 Å². The van der Waals surface area contributed by atoms with Crippen LogP contribution in [-0.4, -0.2) is 30.6 Å². The maximum atomic E-state index is 12.3. The number of nitrogens with zero attached hydrogens (tertiary/aromatic N) is 2. The van der Waals surface area contributed by atoms with E-state index in [9.17, 15) is 10.1 Å². The lowest BCUT2D eigenvalue weighted by Gasteiger charge is -2.25. The zero-order valence-corrected chi connectivity index (χ0v) is 12.0. The SMILES string of the molecule is CCc1ccc(C(C#N)N(C)C(=O)C2CCCO2)cc1. The van der Waals surface area contributed by atoms with E-state index >= 15 is 0 Å². The van der Waals surface area contributed by atoms with Crippen molar-refractivity contribution in [3.8, 4) is 6.07 Å². The van der Waals surface area contributed by atoms with Gasteiger partial charge in [-0.2, -0.15) is 5.26 Å². The van der Waals surface area contributed by atoms with Gasteiger partial charge in [-0.3, -0.25) is 4.79 Å². The highest BCUT2D eigenvalue weighted by Crippen LogP contribution is 2.23. The summed E-state index contributed by atoms with van der Waals surface area (Å²) >= 11 is 0. The predicted molar refractivity (Wildman–Crippen MR) is 75.9 cm³/mol. The van der Waals surface area contributed by atoms with E-state index in [-0.39, 0.29) is 12.0 Å². The molecular weight excluding hydrogens is 252 g/mol. The van der Waals surface area contributed by atoms with Gasteiger partial charge in [-0.15, -0.1) is 0 Å². The number of carbonyl (C=O) groups is 1. The summed E-state index contributed by atoms with van der Waals surface area (Å²) in [7, 11) is 1.67. The Hall–Kier alpha value is -1.86. The summed E-state index contributed by atoms with van der Waals surface area (Å²) in [6.07, 6.45) is 2.23. The van der Waals surface area contributed by atoms with E-state index in [0.717, 1.165) is 24.8 Å². The Kier molecular flexibility index (Phi) is 4.75. The number of amides is 1. The largest absolute Gasteiger partial charge is 0.368 e. The van der Waals surface area contributed by atoms with Crippen LogP contribution in [0.5, 0.6) is 0 Å². The van der Waals surface area contributed by atoms with Crippen molar-refractivity contribution in [3.05, 3.63) is 35.4 Å². The van der Waals surface area contributed by atoms with Crippen LogP contribution in [0.2, 0.25) is 0 Å². The number of hydrogen-bond acceptors (Lipinski definition) is 3. The summed E-state index contributed by atoms with van der Waals surface area (Å²) in [4.78, 5) is 13.8. The molecule has 20 heavy (non-hydrogen) atoms. The topological polar surface area (TPSA) is 53.3 Å². The van der Waals surface area contributed by atoms with Crippen LogP contribution in [0, 0.1) is 11.3 Å². The molecule has 1 aromatic carbocycles. The maximum absolute atomic E-state index is 12.3. The zero-order valence-electron chi connectivity index (χ0n) is 12.0. The fourth-order valence-corrected chi connectivity index (χ4v) is 2.45. The van der Waals surface area contributed by atoms with Gasteiger partial charge in [-0.1, -0.05) is 31.2 Å². The average molecular weight is 272 g/mol. The van der Waals surface area contributed by atoms with Crippen LogP contribution in [0.3, 0.4) is 0 Å². The lowest BCUT2D eigenvalue weighted by atomic mass is 10.0. The number of benzene rings is 1. The Morgan fingerprint density at radius 1 is 1.50 bits per heavy atom. The molecule has 0 aromatic heterocycles. The van der Waals surface area contributed by atoms with E-state index in [1.54, 1.807) is 7.05 Å². The molecule has 4 nitrogen and oxygen atoms in total. The van der Waals surface area contributed by atoms with Crippen LogP contribution < -0.4 is 0 Å². The van der Waals surface area contributed by atoms with E-state index < -0.39 is 6.04 Å². The van der Waals surface area contributed by atoms with Crippen LogP contribution in [-0.2, 0) is 16.0 Å². The summed E-state index contributed by atoms with van der Waals surface area (Å²) in [5.41, 5.74) is 2.07. The third-order valence-electron chi connectivity index (χ3n) is 3.77. The van der Waals surface area contributed by atoms with Gasteiger partial charge in [-0.05, 0) is 30.4 Å². The van der Waals surface area contributed by atoms with E-state index in [2.05, 4.69) is 13.0 Å². The standard InChI is InChI=1S/C16H20N2O2/c1-3-12-6-8-13(9-7-12)14(11-17)18(2)16(19)15-5-4-10-20-15/h6-9,14-15H,3-5,10H2,1-2H3. The highest BCUT2D eigenvalue weighted by Gasteiger charge is 2.30. The van der Waals surface area contributed by atoms with Crippen molar-refractivity contribution >= 4 is 5.91 Å². The van der Waals surface area contributed by atoms with Crippen molar-refractivity contribution in [1.29, 1.82) is 5.26 Å². The molecule has 0 bridgehead atoms. The van der Waals surface area contributed by atoms with Crippen LogP contribution in [0.15, 0.2) is 24.3 Å². The molecule has 0 saturated carbocycles. The molecule has 1 aliphatic rings. The predicted octanol–water partition coefficient (Wildman–Crippen LogP) is 2.45. The molecule has 0 radical (unpaired) electrons. The third kappa shape index (κ3) is 3.00. The molecule has 4 heteroatoms. The first kappa shape index (κ1) is 14.5. The molecule has 1 heterocycles. The smallest absolute Gasteiger partial charge is 0.252 e. The molecule has 1 aliphatic heterocycles. The van der Waals surface area contributed by atoms with Gasteiger partial charge in [0.05, 0.1) is 6.07 Å². The number of rotatable bonds is 4. The second-order valence-electron chi connectivity index (χ2n) is 5.08. The van der Waals surface area contributed by atoms with Crippen LogP contribution in [0.25, 0.3) is 0 Å². The first-order valence-corrected chi connectivity index (χ1v) is 7.04. The first-order chi connectivity index (χ1) is 9.67. The van der Waals surface area contributed by atoms with Gasteiger partial charge < -0.3 is 9.64 Å². The van der Waals surface area contributed by atoms with Crippen LogP contribution in [0.1, 0.15) is 36.9 Å². The summed E-state index contributed by atoms with van der Waals surface area (Å²) in [5.74, 6) is -0.103. The normalized spacial score (nSPS) is 19.4. The van der Waals surface area contributed by atoms with E-state index in [1.807, 2.05) is 24.3 Å². The van der Waals surface area contributed by atoms with Gasteiger partial charge >= 0.3 is 0 Å². The Bertz CT molecular complexity index is 498. The molecule has 0 aliphatic carbocycles. The summed E-state index contributed by atoms with van der Waals surface area (Å²) in [5, 5.41) is 9.38. The van der Waals surface area contributed by atoms with E-state index in [4.69, 9.17) is 4.74 Å². The molecule has 2 rings (SSSR count). The zero-order chi connectivity index (χ0) is 14.5. The molecule has 0 N–H and O–H groups in total. The number of ether oxygens (including phenoxy) is 1. The highest BCUT2D eigenvalue weighted by atomic mass is 16.5. The number of hydrogen-bond donors (Lipinski definition) is 0. The Balaban J connectivity index is 2.13. The van der Waals surface area contributed by atoms with Gasteiger partial charge in [0.25, 0.3) is 5.91 Å². The number of nitriles is 1. The second kappa shape index (κ2) is 6.53. The monoisotopic (exact) mass is 272 g/mol. The molecule has 2 unspecified atom stereocenters. The number of likely N-dealkylation sites (N-methyl/N-ethyl adjacent to an activating group) is 1. The van der Waals surface area contributed by atoms with Gasteiger partial charge in [0.2, 0.25) is 0 Å². The maximum Gasteiger partial charge on any atom is 0.252 e. The van der Waals surface area contributed by atoms with Gasteiger partial charge in [0, 0.05) is 13.7 Å². The fraction of sp³-hybridized carbons (Fsp3) is 0.500. The molecular formula is C16H20N2O2. The van der Waals surface area contributed by atoms with Gasteiger partial charge in [-0.25, -0.2) is 0 Å². The number of carbonyl (C=O) groups excluding carboxylic acids is 1. The molecule has 2 atom stereocenters. The average Bonchev–Trinajstić information content (AvgIpc) is 3.02.